The van der Waals surface area contributed by atoms with Crippen LogP contribution in [0.4, 0.5) is 0 Å². The van der Waals surface area contributed by atoms with Gasteiger partial charge in [-0.2, -0.15) is 0 Å². The van der Waals surface area contributed by atoms with E-state index in [0.29, 0.717) is 6.42 Å². The molecule has 0 aromatic rings. The summed E-state index contributed by atoms with van der Waals surface area (Å²) >= 11 is 0. The fourth-order valence-corrected chi connectivity index (χ4v) is 2.33. The molecule has 1 unspecified atom stereocenters. The van der Waals surface area contributed by atoms with Crippen molar-refractivity contribution in [3.05, 3.63) is 0 Å². The summed E-state index contributed by atoms with van der Waals surface area (Å²) in [6, 6.07) is 0. The molecule has 0 aromatic heterocycles. The summed E-state index contributed by atoms with van der Waals surface area (Å²) < 4.78 is 27.7. The zero-order chi connectivity index (χ0) is 11.2. The van der Waals surface area contributed by atoms with Crippen LogP contribution in [0.2, 0.25) is 0 Å². The normalized spacial score (nSPS) is 13.6. The SMILES string of the molecule is CCCCS(=O)(=O)C(C)C(=O)OCC. The van der Waals surface area contributed by atoms with Crippen molar-refractivity contribution >= 4 is 15.8 Å². The Morgan fingerprint density at radius 1 is 1.36 bits per heavy atom. The van der Waals surface area contributed by atoms with Gasteiger partial charge in [-0.25, -0.2) is 8.42 Å². The maximum Gasteiger partial charge on any atom is 0.324 e. The number of carbonyl (C=O) groups excluding carboxylic acids is 1. The van der Waals surface area contributed by atoms with E-state index in [0.717, 1.165) is 6.42 Å². The van der Waals surface area contributed by atoms with Crippen LogP contribution in [-0.2, 0) is 19.4 Å². The highest BCUT2D eigenvalue weighted by Crippen LogP contribution is 2.07. The summed E-state index contributed by atoms with van der Waals surface area (Å²) in [7, 11) is -3.32. The average Bonchev–Trinajstić information content (AvgIpc) is 2.14. The predicted molar refractivity (Wildman–Crippen MR) is 54.8 cm³/mol. The van der Waals surface area contributed by atoms with Crippen LogP contribution in [0.1, 0.15) is 33.6 Å². The van der Waals surface area contributed by atoms with Gasteiger partial charge in [0.1, 0.15) is 0 Å². The molecule has 0 saturated heterocycles. The van der Waals surface area contributed by atoms with Crippen LogP contribution in [0.3, 0.4) is 0 Å². The smallest absolute Gasteiger partial charge is 0.324 e. The third-order valence-electron chi connectivity index (χ3n) is 1.94. The molecule has 84 valence electrons. The fraction of sp³-hybridized carbons (Fsp3) is 0.889. The summed E-state index contributed by atoms with van der Waals surface area (Å²) in [6.45, 7) is 5.16. The topological polar surface area (TPSA) is 60.4 Å². The van der Waals surface area contributed by atoms with Crippen LogP contribution in [0.15, 0.2) is 0 Å². The number of sulfone groups is 1. The maximum atomic E-state index is 11.5. The van der Waals surface area contributed by atoms with Gasteiger partial charge in [-0.3, -0.25) is 4.79 Å². The van der Waals surface area contributed by atoms with Gasteiger partial charge in [-0.05, 0) is 20.3 Å². The number of esters is 1. The van der Waals surface area contributed by atoms with E-state index >= 15 is 0 Å². The third kappa shape index (κ3) is 4.09. The molecule has 0 bridgehead atoms. The number of rotatable bonds is 6. The molecular weight excluding hydrogens is 204 g/mol. The molecule has 0 aliphatic rings. The minimum absolute atomic E-state index is 0.0590. The Labute approximate surface area is 85.6 Å². The molecule has 0 aliphatic heterocycles. The summed E-state index contributed by atoms with van der Waals surface area (Å²) in [4.78, 5) is 11.2. The van der Waals surface area contributed by atoms with E-state index in [1.165, 1.54) is 6.92 Å². The van der Waals surface area contributed by atoms with E-state index in [9.17, 15) is 13.2 Å². The highest BCUT2D eigenvalue weighted by molar-refractivity contribution is 7.92. The van der Waals surface area contributed by atoms with Gasteiger partial charge >= 0.3 is 5.97 Å². The van der Waals surface area contributed by atoms with Crippen LogP contribution in [0.25, 0.3) is 0 Å². The lowest BCUT2D eigenvalue weighted by Crippen LogP contribution is -2.31. The van der Waals surface area contributed by atoms with Crippen molar-refractivity contribution in [2.45, 2.75) is 38.9 Å². The van der Waals surface area contributed by atoms with Gasteiger partial charge in [0.25, 0.3) is 0 Å². The number of carbonyl (C=O) groups is 1. The van der Waals surface area contributed by atoms with Crippen molar-refractivity contribution in [2.75, 3.05) is 12.4 Å². The Balaban J connectivity index is 4.35. The number of hydrogen-bond donors (Lipinski definition) is 0. The van der Waals surface area contributed by atoms with Crippen LogP contribution in [-0.4, -0.2) is 32.0 Å². The summed E-state index contributed by atoms with van der Waals surface area (Å²) in [6.07, 6.45) is 1.39. The van der Waals surface area contributed by atoms with Gasteiger partial charge in [0.2, 0.25) is 0 Å². The minimum Gasteiger partial charge on any atom is -0.465 e. The molecule has 0 N–H and O–H groups in total. The van der Waals surface area contributed by atoms with Gasteiger partial charge in [0, 0.05) is 0 Å². The van der Waals surface area contributed by atoms with Gasteiger partial charge in [-0.15, -0.1) is 0 Å². The Morgan fingerprint density at radius 2 is 1.93 bits per heavy atom. The second-order valence-electron chi connectivity index (χ2n) is 3.11. The first-order chi connectivity index (χ1) is 6.45. The van der Waals surface area contributed by atoms with Crippen LogP contribution in [0.5, 0.6) is 0 Å². The molecule has 0 heterocycles. The van der Waals surface area contributed by atoms with E-state index in [-0.39, 0.29) is 12.4 Å². The monoisotopic (exact) mass is 222 g/mol. The first kappa shape index (κ1) is 13.4. The molecule has 1 atom stereocenters. The molecule has 14 heavy (non-hydrogen) atoms. The van der Waals surface area contributed by atoms with E-state index in [2.05, 4.69) is 4.74 Å². The van der Waals surface area contributed by atoms with Crippen molar-refractivity contribution in [3.63, 3.8) is 0 Å². The highest BCUT2D eigenvalue weighted by Gasteiger charge is 2.28. The summed E-state index contributed by atoms with van der Waals surface area (Å²) in [5.41, 5.74) is 0. The first-order valence-corrected chi connectivity index (χ1v) is 6.55. The molecule has 0 aromatic carbocycles. The lowest BCUT2D eigenvalue weighted by Gasteiger charge is -2.10. The molecule has 0 radical (unpaired) electrons. The predicted octanol–water partition coefficient (Wildman–Crippen LogP) is 1.15. The molecule has 5 heteroatoms. The summed E-state index contributed by atoms with van der Waals surface area (Å²) in [5.74, 6) is -0.590. The quantitative estimate of drug-likeness (QED) is 0.633. The highest BCUT2D eigenvalue weighted by atomic mass is 32.2. The molecule has 0 aliphatic carbocycles. The van der Waals surface area contributed by atoms with Crippen LogP contribution in [0, 0.1) is 0 Å². The Morgan fingerprint density at radius 3 is 2.36 bits per heavy atom. The first-order valence-electron chi connectivity index (χ1n) is 4.83. The molecule has 0 amide bonds. The standard InChI is InChI=1S/C9H18O4S/c1-4-6-7-14(11,12)8(3)9(10)13-5-2/h8H,4-7H2,1-3H3. The van der Waals surface area contributed by atoms with Crippen molar-refractivity contribution in [1.82, 2.24) is 0 Å². The molecule has 0 fully saturated rings. The van der Waals surface area contributed by atoms with E-state index in [1.54, 1.807) is 6.92 Å². The van der Waals surface area contributed by atoms with Crippen LogP contribution < -0.4 is 0 Å². The van der Waals surface area contributed by atoms with E-state index in [1.807, 2.05) is 6.92 Å². The largest absolute Gasteiger partial charge is 0.465 e. The van der Waals surface area contributed by atoms with E-state index < -0.39 is 21.1 Å². The second kappa shape index (κ2) is 6.01. The molecular formula is C9H18O4S. The van der Waals surface area contributed by atoms with Crippen molar-refractivity contribution in [2.24, 2.45) is 0 Å². The second-order valence-corrected chi connectivity index (χ2v) is 5.56. The van der Waals surface area contributed by atoms with Crippen molar-refractivity contribution in [3.8, 4) is 0 Å². The Hall–Kier alpha value is -0.580. The van der Waals surface area contributed by atoms with Gasteiger partial charge < -0.3 is 4.74 Å². The zero-order valence-corrected chi connectivity index (χ0v) is 9.76. The van der Waals surface area contributed by atoms with Gasteiger partial charge in [0.15, 0.2) is 15.1 Å². The van der Waals surface area contributed by atoms with Crippen molar-refractivity contribution in [1.29, 1.82) is 0 Å². The van der Waals surface area contributed by atoms with Crippen molar-refractivity contribution < 1.29 is 17.9 Å². The Bertz CT molecular complexity index is 269. The number of hydrogen-bond acceptors (Lipinski definition) is 4. The van der Waals surface area contributed by atoms with E-state index in [4.69, 9.17) is 0 Å². The Kier molecular flexibility index (Phi) is 5.76. The fourth-order valence-electron chi connectivity index (χ4n) is 0.929. The van der Waals surface area contributed by atoms with Gasteiger partial charge in [0.05, 0.1) is 12.4 Å². The lowest BCUT2D eigenvalue weighted by molar-refractivity contribution is -0.142. The average molecular weight is 222 g/mol. The van der Waals surface area contributed by atoms with Gasteiger partial charge in [-0.1, -0.05) is 13.3 Å². The lowest BCUT2D eigenvalue weighted by atomic mass is 10.4. The third-order valence-corrected chi connectivity index (χ3v) is 4.07. The maximum absolute atomic E-state index is 11.5. The molecule has 0 saturated carbocycles. The number of ether oxygens (including phenoxy) is 1. The zero-order valence-electron chi connectivity index (χ0n) is 8.95. The molecule has 0 rings (SSSR count). The number of unbranched alkanes of at least 4 members (excludes halogenated alkanes) is 1. The molecule has 0 spiro atoms. The molecule has 4 nitrogen and oxygen atoms in total. The van der Waals surface area contributed by atoms with Crippen LogP contribution >= 0.6 is 0 Å². The summed E-state index contributed by atoms with van der Waals surface area (Å²) in [5, 5.41) is -1.03. The minimum atomic E-state index is -3.32.